The summed E-state index contributed by atoms with van der Waals surface area (Å²) in [6.07, 6.45) is 0. The van der Waals surface area contributed by atoms with E-state index in [9.17, 15) is 0 Å². The van der Waals surface area contributed by atoms with Crippen molar-refractivity contribution in [2.75, 3.05) is 0 Å². The third kappa shape index (κ3) is 2.10. The lowest BCUT2D eigenvalue weighted by Gasteiger charge is -2.21. The average Bonchev–Trinajstić information content (AvgIpc) is 1.83. The summed E-state index contributed by atoms with van der Waals surface area (Å²) in [5, 5.41) is 0. The molecule has 0 heterocycles. The highest BCUT2D eigenvalue weighted by molar-refractivity contribution is 9.10. The van der Waals surface area contributed by atoms with Crippen LogP contribution in [0.1, 0.15) is 31.9 Å². The summed E-state index contributed by atoms with van der Waals surface area (Å²) in [6, 6.07) is 6.25. The van der Waals surface area contributed by atoms with E-state index in [0.29, 0.717) is 0 Å². The molecule has 0 aliphatic carbocycles. The van der Waals surface area contributed by atoms with Gasteiger partial charge in [0.05, 0.1) is 0 Å². The van der Waals surface area contributed by atoms with Gasteiger partial charge < -0.3 is 0 Å². The maximum Gasteiger partial charge on any atom is 0.0178 e. The van der Waals surface area contributed by atoms with Crippen LogP contribution in [0.2, 0.25) is 0 Å². The van der Waals surface area contributed by atoms with Gasteiger partial charge >= 0.3 is 0 Å². The lowest BCUT2D eigenvalue weighted by atomic mass is 9.84. The molecule has 0 atom stereocenters. The molecule has 0 aliphatic rings. The van der Waals surface area contributed by atoms with Gasteiger partial charge in [0.1, 0.15) is 0 Å². The summed E-state index contributed by atoms with van der Waals surface area (Å²) in [4.78, 5) is 0. The Labute approximate surface area is 83.1 Å². The number of rotatable bonds is 0. The van der Waals surface area contributed by atoms with Gasteiger partial charge in [-0.05, 0) is 35.6 Å². The van der Waals surface area contributed by atoms with Crippen molar-refractivity contribution in [2.24, 2.45) is 0 Å². The predicted octanol–water partition coefficient (Wildman–Crippen LogP) is 3.93. The second-order valence-electron chi connectivity index (χ2n) is 4.05. The Bertz CT molecular complexity index is 282. The van der Waals surface area contributed by atoms with Crippen molar-refractivity contribution < 1.29 is 0 Å². The van der Waals surface area contributed by atoms with Crippen molar-refractivity contribution >= 4 is 15.9 Å². The van der Waals surface area contributed by atoms with Crippen molar-refractivity contribution in [3.05, 3.63) is 40.7 Å². The van der Waals surface area contributed by atoms with Crippen molar-refractivity contribution in [3.8, 4) is 0 Å². The van der Waals surface area contributed by atoms with E-state index < -0.39 is 0 Å². The van der Waals surface area contributed by atoms with Gasteiger partial charge in [-0.25, -0.2) is 0 Å². The molecule has 0 spiro atoms. The highest BCUT2D eigenvalue weighted by Crippen LogP contribution is 2.27. The summed E-state index contributed by atoms with van der Waals surface area (Å²) < 4.78 is 1.10. The molecule has 1 aromatic carbocycles. The molecule has 0 fully saturated rings. The first-order valence-electron chi connectivity index (χ1n) is 4.03. The molecule has 0 saturated carbocycles. The molecule has 65 valence electrons. The van der Waals surface area contributed by atoms with E-state index in [1.54, 1.807) is 0 Å². The van der Waals surface area contributed by atoms with Crippen molar-refractivity contribution in [2.45, 2.75) is 26.2 Å². The zero-order chi connectivity index (χ0) is 9.35. The van der Waals surface area contributed by atoms with Crippen LogP contribution in [0, 0.1) is 6.92 Å². The quantitative estimate of drug-likeness (QED) is 0.628. The van der Waals surface area contributed by atoms with Crippen molar-refractivity contribution in [3.63, 3.8) is 0 Å². The fraction of sp³-hybridized carbons (Fsp3) is 0.364. The van der Waals surface area contributed by atoms with E-state index in [2.05, 4.69) is 61.8 Å². The molecule has 0 saturated heterocycles. The molecule has 12 heavy (non-hydrogen) atoms. The van der Waals surface area contributed by atoms with Gasteiger partial charge in [-0.2, -0.15) is 0 Å². The van der Waals surface area contributed by atoms with Crippen LogP contribution >= 0.6 is 15.9 Å². The van der Waals surface area contributed by atoms with Crippen LogP contribution in [-0.2, 0) is 5.41 Å². The molecule has 0 aromatic heterocycles. The summed E-state index contributed by atoms with van der Waals surface area (Å²) in [5.74, 6) is 0. The summed E-state index contributed by atoms with van der Waals surface area (Å²) in [7, 11) is 0. The van der Waals surface area contributed by atoms with Crippen molar-refractivity contribution in [1.82, 2.24) is 0 Å². The second kappa shape index (κ2) is 3.21. The average molecular weight is 226 g/mol. The molecular weight excluding hydrogens is 212 g/mol. The predicted molar refractivity (Wildman–Crippen MR) is 57.3 cm³/mol. The number of hydrogen-bond acceptors (Lipinski definition) is 0. The molecule has 1 rings (SSSR count). The summed E-state index contributed by atoms with van der Waals surface area (Å²) in [6.45, 7) is 10.6. The van der Waals surface area contributed by atoms with Gasteiger partial charge in [-0.15, -0.1) is 0 Å². The minimum absolute atomic E-state index is 0.192. The number of hydrogen-bond donors (Lipinski definition) is 0. The van der Waals surface area contributed by atoms with Crippen LogP contribution in [0.5, 0.6) is 0 Å². The third-order valence-corrected chi connectivity index (χ3v) is 2.37. The summed E-state index contributed by atoms with van der Waals surface area (Å²) >= 11 is 3.42. The van der Waals surface area contributed by atoms with E-state index in [0.717, 1.165) is 10.0 Å². The Balaban J connectivity index is 3.19. The molecule has 0 N–H and O–H groups in total. The normalized spacial score (nSPS) is 11.8. The number of benzene rings is 1. The number of halogens is 1. The van der Waals surface area contributed by atoms with Gasteiger partial charge in [0.15, 0.2) is 0 Å². The molecule has 0 nitrogen and oxygen atoms in total. The fourth-order valence-electron chi connectivity index (χ4n) is 1.29. The Kier molecular flexibility index (Phi) is 2.62. The largest absolute Gasteiger partial charge is 0.0571 e. The maximum absolute atomic E-state index is 4.02. The molecule has 0 amide bonds. The monoisotopic (exact) mass is 225 g/mol. The second-order valence-corrected chi connectivity index (χ2v) is 4.97. The van der Waals surface area contributed by atoms with E-state index >= 15 is 0 Å². The highest BCUT2D eigenvalue weighted by Gasteiger charge is 2.15. The Morgan fingerprint density at radius 1 is 1.25 bits per heavy atom. The Morgan fingerprint density at radius 3 is 2.25 bits per heavy atom. The first kappa shape index (κ1) is 9.79. The zero-order valence-corrected chi connectivity index (χ0v) is 9.40. The standard InChI is InChI=1S/C11H14Br/c1-8-7-9(12)5-6-10(8)11(2,3)4/h5-7H,1H2,2-4H3. The molecule has 1 radical (unpaired) electrons. The minimum atomic E-state index is 0.192. The molecule has 0 bridgehead atoms. The van der Waals surface area contributed by atoms with Crippen molar-refractivity contribution in [1.29, 1.82) is 0 Å². The van der Waals surface area contributed by atoms with Gasteiger partial charge in [-0.3, -0.25) is 0 Å². The van der Waals surface area contributed by atoms with Gasteiger partial charge in [0.2, 0.25) is 0 Å². The van der Waals surface area contributed by atoms with Gasteiger partial charge in [0, 0.05) is 4.47 Å². The van der Waals surface area contributed by atoms with Gasteiger partial charge in [-0.1, -0.05) is 42.8 Å². The topological polar surface area (TPSA) is 0 Å². The van der Waals surface area contributed by atoms with E-state index in [4.69, 9.17) is 0 Å². The van der Waals surface area contributed by atoms with E-state index in [-0.39, 0.29) is 5.41 Å². The summed E-state index contributed by atoms with van der Waals surface area (Å²) in [5.41, 5.74) is 2.61. The zero-order valence-electron chi connectivity index (χ0n) is 7.82. The molecular formula is C11H14Br. The van der Waals surface area contributed by atoms with Crippen LogP contribution < -0.4 is 0 Å². The third-order valence-electron chi connectivity index (χ3n) is 1.88. The minimum Gasteiger partial charge on any atom is -0.0571 e. The highest BCUT2D eigenvalue weighted by atomic mass is 79.9. The molecule has 0 aliphatic heterocycles. The van der Waals surface area contributed by atoms with Crippen LogP contribution in [0.15, 0.2) is 22.7 Å². The van der Waals surface area contributed by atoms with Crippen LogP contribution in [0.25, 0.3) is 0 Å². The first-order chi connectivity index (χ1) is 5.41. The fourth-order valence-corrected chi connectivity index (χ4v) is 1.70. The molecule has 1 heteroatoms. The molecule has 1 aromatic rings. The Morgan fingerprint density at radius 2 is 1.83 bits per heavy atom. The lowest BCUT2D eigenvalue weighted by Crippen LogP contribution is -2.12. The van der Waals surface area contributed by atoms with E-state index in [1.807, 2.05) is 0 Å². The first-order valence-corrected chi connectivity index (χ1v) is 4.82. The lowest BCUT2D eigenvalue weighted by molar-refractivity contribution is 0.588. The Hall–Kier alpha value is -0.300. The maximum atomic E-state index is 4.02. The van der Waals surface area contributed by atoms with Crippen LogP contribution in [0.4, 0.5) is 0 Å². The SMILES string of the molecule is [CH2]c1cc(Br)ccc1C(C)(C)C. The van der Waals surface area contributed by atoms with Crippen LogP contribution in [0.3, 0.4) is 0 Å². The van der Waals surface area contributed by atoms with E-state index in [1.165, 1.54) is 5.56 Å². The smallest absolute Gasteiger partial charge is 0.0178 e. The molecule has 0 unspecified atom stereocenters. The van der Waals surface area contributed by atoms with Gasteiger partial charge in [0.25, 0.3) is 0 Å². The van der Waals surface area contributed by atoms with Crippen LogP contribution in [-0.4, -0.2) is 0 Å².